The van der Waals surface area contributed by atoms with Gasteiger partial charge in [0, 0.05) is 18.5 Å². The van der Waals surface area contributed by atoms with E-state index in [2.05, 4.69) is 46.3 Å². The average Bonchev–Trinajstić information content (AvgIpc) is 2.86. The lowest BCUT2D eigenvalue weighted by Gasteiger charge is -2.09. The molecule has 0 radical (unpaired) electrons. The lowest BCUT2D eigenvalue weighted by atomic mass is 10.2. The molecular weight excluding hydrogens is 310 g/mol. The van der Waals surface area contributed by atoms with Crippen molar-refractivity contribution in [3.8, 4) is 0 Å². The van der Waals surface area contributed by atoms with Gasteiger partial charge in [0.25, 0.3) is 0 Å². The van der Waals surface area contributed by atoms with Gasteiger partial charge in [0.2, 0.25) is 0 Å². The minimum atomic E-state index is 0.295. The molecule has 0 fully saturated rings. The van der Waals surface area contributed by atoms with Gasteiger partial charge in [0.15, 0.2) is 8.68 Å². The van der Waals surface area contributed by atoms with Crippen LogP contribution in [0.5, 0.6) is 0 Å². The highest BCUT2D eigenvalue weighted by molar-refractivity contribution is 8.02. The molecule has 0 unspecified atom stereocenters. The summed E-state index contributed by atoms with van der Waals surface area (Å²) in [4.78, 5) is 9.10. The number of nitrogens with zero attached hydrogens (tertiary/aromatic N) is 4. The first kappa shape index (κ1) is 15.5. The highest BCUT2D eigenvalue weighted by atomic mass is 32.2. The van der Waals surface area contributed by atoms with Crippen LogP contribution in [-0.2, 0) is 0 Å². The molecule has 8 heteroatoms. The Morgan fingerprint density at radius 2 is 2.00 bits per heavy atom. The molecule has 0 spiro atoms. The maximum atomic E-state index is 4.59. The van der Waals surface area contributed by atoms with Crippen molar-refractivity contribution in [1.29, 1.82) is 0 Å². The van der Waals surface area contributed by atoms with E-state index >= 15 is 0 Å². The molecule has 5 nitrogen and oxygen atoms in total. The Morgan fingerprint density at radius 3 is 2.60 bits per heavy atom. The quantitative estimate of drug-likeness (QED) is 0.640. The van der Waals surface area contributed by atoms with Crippen molar-refractivity contribution in [2.75, 3.05) is 18.1 Å². The molecule has 0 aliphatic carbocycles. The molecule has 0 aliphatic rings. The molecule has 108 valence electrons. The van der Waals surface area contributed by atoms with E-state index in [1.165, 1.54) is 11.8 Å². The number of aromatic nitrogens is 4. The minimum absolute atomic E-state index is 0.295. The van der Waals surface area contributed by atoms with Gasteiger partial charge in [-0.05, 0) is 24.9 Å². The monoisotopic (exact) mass is 327 g/mol. The van der Waals surface area contributed by atoms with Gasteiger partial charge in [-0.3, -0.25) is 0 Å². The number of hydrogen-bond acceptors (Lipinski definition) is 8. The molecule has 2 heterocycles. The summed E-state index contributed by atoms with van der Waals surface area (Å²) in [5.74, 6) is 2.01. The van der Waals surface area contributed by atoms with E-state index in [9.17, 15) is 0 Å². The van der Waals surface area contributed by atoms with Crippen LogP contribution in [0.15, 0.2) is 19.8 Å². The number of rotatable bonds is 6. The van der Waals surface area contributed by atoms with Gasteiger partial charge < -0.3 is 5.32 Å². The summed E-state index contributed by atoms with van der Waals surface area (Å²) >= 11 is 4.73. The standard InChI is InChI=1S/C12H17N5S3/c1-5-13-8-6-9(15-10(14-8)7(2)3)19-12-17-16-11(18-4)20-12/h6-7H,5H2,1-4H3,(H,13,14,15). The van der Waals surface area contributed by atoms with E-state index in [4.69, 9.17) is 0 Å². The molecule has 2 rings (SSSR count). The number of nitrogens with one attached hydrogen (secondary N) is 1. The van der Waals surface area contributed by atoms with E-state index in [1.807, 2.05) is 12.3 Å². The molecule has 0 aliphatic heterocycles. The van der Waals surface area contributed by atoms with E-state index < -0.39 is 0 Å². The zero-order chi connectivity index (χ0) is 14.5. The molecule has 0 amide bonds. The maximum Gasteiger partial charge on any atom is 0.181 e. The highest BCUT2D eigenvalue weighted by Crippen LogP contribution is 2.33. The number of anilines is 1. The predicted octanol–water partition coefficient (Wildman–Crippen LogP) is 3.76. The summed E-state index contributed by atoms with van der Waals surface area (Å²) in [6, 6.07) is 1.96. The van der Waals surface area contributed by atoms with Crippen LogP contribution in [0.4, 0.5) is 5.82 Å². The van der Waals surface area contributed by atoms with Crippen molar-refractivity contribution in [2.45, 2.75) is 40.4 Å². The molecule has 2 aromatic heterocycles. The third-order valence-corrected chi connectivity index (χ3v) is 5.22. The fraction of sp³-hybridized carbons (Fsp3) is 0.500. The fourth-order valence-corrected chi connectivity index (χ4v) is 3.83. The Bertz CT molecular complexity index is 570. The largest absolute Gasteiger partial charge is 0.370 e. The van der Waals surface area contributed by atoms with E-state index in [0.29, 0.717) is 5.92 Å². The van der Waals surface area contributed by atoms with E-state index in [1.54, 1.807) is 23.1 Å². The van der Waals surface area contributed by atoms with Crippen LogP contribution in [0.25, 0.3) is 0 Å². The van der Waals surface area contributed by atoms with Crippen molar-refractivity contribution in [3.63, 3.8) is 0 Å². The van der Waals surface area contributed by atoms with Crippen LogP contribution in [0, 0.1) is 0 Å². The molecule has 0 bridgehead atoms. The Balaban J connectivity index is 2.25. The molecule has 0 atom stereocenters. The first-order chi connectivity index (χ1) is 9.62. The van der Waals surface area contributed by atoms with Crippen LogP contribution in [0.2, 0.25) is 0 Å². The normalized spacial score (nSPS) is 11.1. The molecule has 0 saturated heterocycles. The number of thioether (sulfide) groups is 1. The number of hydrogen-bond donors (Lipinski definition) is 1. The van der Waals surface area contributed by atoms with Crippen LogP contribution in [0.3, 0.4) is 0 Å². The first-order valence-corrected chi connectivity index (χ1v) is 9.16. The van der Waals surface area contributed by atoms with Crippen molar-refractivity contribution in [2.24, 2.45) is 0 Å². The Hall–Kier alpha value is -0.860. The topological polar surface area (TPSA) is 63.6 Å². The highest BCUT2D eigenvalue weighted by Gasteiger charge is 2.11. The second-order valence-electron chi connectivity index (χ2n) is 4.27. The van der Waals surface area contributed by atoms with Crippen LogP contribution < -0.4 is 5.32 Å². The van der Waals surface area contributed by atoms with Crippen LogP contribution in [-0.4, -0.2) is 33.0 Å². The molecule has 20 heavy (non-hydrogen) atoms. The zero-order valence-electron chi connectivity index (χ0n) is 11.9. The smallest absolute Gasteiger partial charge is 0.181 e. The van der Waals surface area contributed by atoms with Crippen molar-refractivity contribution in [1.82, 2.24) is 20.2 Å². The molecular formula is C12H17N5S3. The third kappa shape index (κ3) is 4.07. The second-order valence-corrected chi connectivity index (χ2v) is 7.57. The summed E-state index contributed by atoms with van der Waals surface area (Å²) in [6.07, 6.45) is 2.00. The molecule has 0 saturated carbocycles. The lowest BCUT2D eigenvalue weighted by molar-refractivity contribution is 0.754. The van der Waals surface area contributed by atoms with Crippen molar-refractivity contribution < 1.29 is 0 Å². The lowest BCUT2D eigenvalue weighted by Crippen LogP contribution is -2.05. The van der Waals surface area contributed by atoms with Gasteiger partial charge in [-0.15, -0.1) is 10.2 Å². The van der Waals surface area contributed by atoms with Crippen molar-refractivity contribution in [3.05, 3.63) is 11.9 Å². The van der Waals surface area contributed by atoms with E-state index in [0.717, 1.165) is 31.9 Å². The van der Waals surface area contributed by atoms with Gasteiger partial charge in [-0.25, -0.2) is 9.97 Å². The molecule has 2 aromatic rings. The van der Waals surface area contributed by atoms with Crippen LogP contribution in [0.1, 0.15) is 32.5 Å². The molecule has 1 N–H and O–H groups in total. The minimum Gasteiger partial charge on any atom is -0.370 e. The first-order valence-electron chi connectivity index (χ1n) is 6.30. The SMILES string of the molecule is CCNc1cc(Sc2nnc(SC)s2)nc(C(C)C)n1. The predicted molar refractivity (Wildman–Crippen MR) is 86.1 cm³/mol. The summed E-state index contributed by atoms with van der Waals surface area (Å²) < 4.78 is 1.88. The Kier molecular flexibility index (Phi) is 5.62. The summed E-state index contributed by atoms with van der Waals surface area (Å²) in [5.41, 5.74) is 0. The van der Waals surface area contributed by atoms with Gasteiger partial charge in [-0.1, -0.05) is 36.9 Å². The fourth-order valence-electron chi connectivity index (χ4n) is 1.44. The maximum absolute atomic E-state index is 4.59. The van der Waals surface area contributed by atoms with Gasteiger partial charge in [0.05, 0.1) is 0 Å². The van der Waals surface area contributed by atoms with E-state index in [-0.39, 0.29) is 0 Å². The van der Waals surface area contributed by atoms with Gasteiger partial charge in [0.1, 0.15) is 16.7 Å². The zero-order valence-corrected chi connectivity index (χ0v) is 14.3. The summed E-state index contributed by atoms with van der Waals surface area (Å²) in [6.45, 7) is 7.08. The van der Waals surface area contributed by atoms with Crippen molar-refractivity contribution >= 4 is 40.7 Å². The second kappa shape index (κ2) is 7.24. The molecule has 0 aromatic carbocycles. The summed E-state index contributed by atoms with van der Waals surface area (Å²) in [7, 11) is 0. The average molecular weight is 328 g/mol. The van der Waals surface area contributed by atoms with Gasteiger partial charge >= 0.3 is 0 Å². The van der Waals surface area contributed by atoms with Gasteiger partial charge in [-0.2, -0.15) is 0 Å². The third-order valence-electron chi connectivity index (χ3n) is 2.35. The Labute approximate surface area is 131 Å². The summed E-state index contributed by atoms with van der Waals surface area (Å²) in [5, 5.41) is 12.4. The van der Waals surface area contributed by atoms with Crippen LogP contribution >= 0.6 is 34.9 Å². The Morgan fingerprint density at radius 1 is 1.25 bits per heavy atom.